The Labute approximate surface area is 158 Å². The molecule has 0 saturated heterocycles. The SMILES string of the molecule is Cc1ccc(-c2nc(-c3cccc(Cl)c3)[nH]c2-c2ccc(C)cc2)cc1. The summed E-state index contributed by atoms with van der Waals surface area (Å²) in [7, 11) is 0. The van der Waals surface area contributed by atoms with Gasteiger partial charge in [0, 0.05) is 21.7 Å². The van der Waals surface area contributed by atoms with Crippen LogP contribution in [0.15, 0.2) is 72.8 Å². The summed E-state index contributed by atoms with van der Waals surface area (Å²) < 4.78 is 0. The second-order valence-corrected chi connectivity index (χ2v) is 6.99. The summed E-state index contributed by atoms with van der Waals surface area (Å²) in [4.78, 5) is 8.41. The van der Waals surface area contributed by atoms with Crippen LogP contribution in [0.2, 0.25) is 5.02 Å². The molecule has 0 radical (unpaired) electrons. The molecule has 128 valence electrons. The quantitative estimate of drug-likeness (QED) is 0.434. The maximum atomic E-state index is 6.17. The number of benzene rings is 3. The number of hydrogen-bond donors (Lipinski definition) is 1. The number of imidazole rings is 1. The van der Waals surface area contributed by atoms with Crippen molar-refractivity contribution in [2.24, 2.45) is 0 Å². The second-order valence-electron chi connectivity index (χ2n) is 6.55. The van der Waals surface area contributed by atoms with E-state index in [-0.39, 0.29) is 0 Å². The van der Waals surface area contributed by atoms with Crippen molar-refractivity contribution in [3.63, 3.8) is 0 Å². The van der Waals surface area contributed by atoms with Crippen LogP contribution in [0, 0.1) is 13.8 Å². The van der Waals surface area contributed by atoms with E-state index >= 15 is 0 Å². The van der Waals surface area contributed by atoms with Gasteiger partial charge in [-0.05, 0) is 26.0 Å². The minimum absolute atomic E-state index is 0.702. The number of nitrogens with zero attached hydrogens (tertiary/aromatic N) is 1. The molecule has 1 heterocycles. The van der Waals surface area contributed by atoms with Crippen molar-refractivity contribution in [1.82, 2.24) is 9.97 Å². The second kappa shape index (κ2) is 6.81. The van der Waals surface area contributed by atoms with Gasteiger partial charge in [0.25, 0.3) is 0 Å². The van der Waals surface area contributed by atoms with Crippen LogP contribution in [0.1, 0.15) is 11.1 Å². The summed E-state index contributed by atoms with van der Waals surface area (Å²) in [6.45, 7) is 4.18. The molecule has 1 N–H and O–H groups in total. The minimum Gasteiger partial charge on any atom is -0.337 e. The molecule has 0 bridgehead atoms. The highest BCUT2D eigenvalue weighted by atomic mass is 35.5. The number of rotatable bonds is 3. The number of aromatic nitrogens is 2. The molecule has 0 aliphatic carbocycles. The van der Waals surface area contributed by atoms with Crippen molar-refractivity contribution in [3.8, 4) is 33.9 Å². The van der Waals surface area contributed by atoms with E-state index in [4.69, 9.17) is 16.6 Å². The van der Waals surface area contributed by atoms with Crippen LogP contribution in [0.4, 0.5) is 0 Å². The monoisotopic (exact) mass is 358 g/mol. The largest absolute Gasteiger partial charge is 0.337 e. The zero-order chi connectivity index (χ0) is 18.1. The van der Waals surface area contributed by atoms with E-state index in [0.29, 0.717) is 5.02 Å². The number of aryl methyl sites for hydroxylation is 2. The summed E-state index contributed by atoms with van der Waals surface area (Å²) >= 11 is 6.17. The third-order valence-corrected chi connectivity index (χ3v) is 4.70. The predicted molar refractivity (Wildman–Crippen MR) is 109 cm³/mol. The lowest BCUT2D eigenvalue weighted by Gasteiger charge is -2.04. The molecule has 2 nitrogen and oxygen atoms in total. The van der Waals surface area contributed by atoms with E-state index < -0.39 is 0 Å². The summed E-state index contributed by atoms with van der Waals surface area (Å²) in [6.07, 6.45) is 0. The van der Waals surface area contributed by atoms with Gasteiger partial charge in [0.15, 0.2) is 0 Å². The van der Waals surface area contributed by atoms with Crippen molar-refractivity contribution in [2.75, 3.05) is 0 Å². The lowest BCUT2D eigenvalue weighted by Crippen LogP contribution is -1.84. The lowest BCUT2D eigenvalue weighted by molar-refractivity contribution is 1.31. The summed E-state index contributed by atoms with van der Waals surface area (Å²) in [5.74, 6) is 0.818. The van der Waals surface area contributed by atoms with E-state index in [9.17, 15) is 0 Å². The minimum atomic E-state index is 0.702. The number of aromatic amines is 1. The fraction of sp³-hybridized carbons (Fsp3) is 0.0870. The van der Waals surface area contributed by atoms with Gasteiger partial charge >= 0.3 is 0 Å². The summed E-state index contributed by atoms with van der Waals surface area (Å²) in [6, 6.07) is 24.7. The first-order chi connectivity index (χ1) is 12.6. The maximum Gasteiger partial charge on any atom is 0.138 e. The fourth-order valence-corrected chi connectivity index (χ4v) is 3.19. The highest BCUT2D eigenvalue weighted by Crippen LogP contribution is 2.33. The number of hydrogen-bond acceptors (Lipinski definition) is 1. The van der Waals surface area contributed by atoms with Crippen molar-refractivity contribution in [3.05, 3.63) is 88.9 Å². The third kappa shape index (κ3) is 3.29. The Morgan fingerprint density at radius 3 is 1.96 bits per heavy atom. The van der Waals surface area contributed by atoms with E-state index in [1.54, 1.807) is 0 Å². The standard InChI is InChI=1S/C23H19ClN2/c1-15-6-10-17(11-7-15)21-22(18-12-8-16(2)9-13-18)26-23(25-21)19-4-3-5-20(24)14-19/h3-14H,1-2H3,(H,25,26). The van der Waals surface area contributed by atoms with Crippen LogP contribution < -0.4 is 0 Å². The molecule has 26 heavy (non-hydrogen) atoms. The van der Waals surface area contributed by atoms with Gasteiger partial charge in [0.2, 0.25) is 0 Å². The molecule has 0 amide bonds. The van der Waals surface area contributed by atoms with E-state index in [2.05, 4.69) is 67.4 Å². The first-order valence-electron chi connectivity index (χ1n) is 8.60. The Bertz CT molecular complexity index is 982. The van der Waals surface area contributed by atoms with Crippen molar-refractivity contribution < 1.29 is 0 Å². The molecular formula is C23H19ClN2. The maximum absolute atomic E-state index is 6.17. The Hall–Kier alpha value is -2.84. The van der Waals surface area contributed by atoms with Crippen LogP contribution in [0.5, 0.6) is 0 Å². The molecule has 0 unspecified atom stereocenters. The zero-order valence-electron chi connectivity index (χ0n) is 14.8. The van der Waals surface area contributed by atoms with Gasteiger partial charge in [-0.3, -0.25) is 0 Å². The van der Waals surface area contributed by atoms with E-state index in [1.165, 1.54) is 11.1 Å². The van der Waals surface area contributed by atoms with Crippen molar-refractivity contribution in [1.29, 1.82) is 0 Å². The highest BCUT2D eigenvalue weighted by Gasteiger charge is 2.15. The summed E-state index contributed by atoms with van der Waals surface area (Å²) in [5, 5.41) is 0.702. The van der Waals surface area contributed by atoms with Gasteiger partial charge < -0.3 is 4.98 Å². The first-order valence-corrected chi connectivity index (χ1v) is 8.98. The number of halogens is 1. The number of H-pyrrole nitrogens is 1. The van der Waals surface area contributed by atoms with E-state index in [1.807, 2.05) is 24.3 Å². The Morgan fingerprint density at radius 1 is 0.731 bits per heavy atom. The molecule has 0 aliphatic rings. The highest BCUT2D eigenvalue weighted by molar-refractivity contribution is 6.30. The van der Waals surface area contributed by atoms with Crippen molar-refractivity contribution in [2.45, 2.75) is 13.8 Å². The Kier molecular flexibility index (Phi) is 4.36. The van der Waals surface area contributed by atoms with Gasteiger partial charge in [0.1, 0.15) is 5.82 Å². The topological polar surface area (TPSA) is 28.7 Å². The summed E-state index contributed by atoms with van der Waals surface area (Å²) in [5.41, 5.74) is 7.62. The Balaban J connectivity index is 1.90. The molecule has 0 saturated carbocycles. The van der Waals surface area contributed by atoms with Gasteiger partial charge in [-0.2, -0.15) is 0 Å². The number of nitrogens with one attached hydrogen (secondary N) is 1. The molecule has 1 aromatic heterocycles. The van der Waals surface area contributed by atoms with E-state index in [0.717, 1.165) is 33.9 Å². The average Bonchev–Trinajstić information content (AvgIpc) is 3.08. The van der Waals surface area contributed by atoms with Gasteiger partial charge in [-0.1, -0.05) is 83.4 Å². The van der Waals surface area contributed by atoms with Crippen LogP contribution in [0.3, 0.4) is 0 Å². The Morgan fingerprint density at radius 2 is 1.35 bits per heavy atom. The van der Waals surface area contributed by atoms with Crippen LogP contribution in [-0.4, -0.2) is 9.97 Å². The van der Waals surface area contributed by atoms with Crippen LogP contribution in [-0.2, 0) is 0 Å². The van der Waals surface area contributed by atoms with Crippen LogP contribution >= 0.6 is 11.6 Å². The molecule has 0 spiro atoms. The molecule has 4 rings (SSSR count). The average molecular weight is 359 g/mol. The van der Waals surface area contributed by atoms with Gasteiger partial charge in [-0.25, -0.2) is 4.98 Å². The predicted octanol–water partition coefficient (Wildman–Crippen LogP) is 6.68. The molecule has 3 aromatic carbocycles. The molecule has 0 atom stereocenters. The zero-order valence-corrected chi connectivity index (χ0v) is 15.5. The smallest absolute Gasteiger partial charge is 0.138 e. The van der Waals surface area contributed by atoms with Gasteiger partial charge in [0.05, 0.1) is 11.4 Å². The molecule has 4 aromatic rings. The fourth-order valence-electron chi connectivity index (χ4n) is 3.00. The third-order valence-electron chi connectivity index (χ3n) is 4.47. The van der Waals surface area contributed by atoms with Crippen molar-refractivity contribution >= 4 is 11.6 Å². The first kappa shape index (κ1) is 16.6. The molecule has 3 heteroatoms. The molecule has 0 fully saturated rings. The lowest BCUT2D eigenvalue weighted by atomic mass is 10.0. The van der Waals surface area contributed by atoms with Gasteiger partial charge in [-0.15, -0.1) is 0 Å². The molecular weight excluding hydrogens is 340 g/mol. The normalized spacial score (nSPS) is 10.9. The van der Waals surface area contributed by atoms with Crippen LogP contribution in [0.25, 0.3) is 33.9 Å². The molecule has 0 aliphatic heterocycles.